The van der Waals surface area contributed by atoms with Gasteiger partial charge in [0, 0.05) is 6.54 Å². The molecule has 0 aliphatic heterocycles. The van der Waals surface area contributed by atoms with Gasteiger partial charge in [-0.2, -0.15) is 0 Å². The van der Waals surface area contributed by atoms with Crippen LogP contribution in [-0.4, -0.2) is 13.6 Å². The standard InChI is InChI=1S/C14H29N/c1-4-5-6-7-8-11-14(2,12-15-3)13-9-10-13/h13,15H,4-12H2,1-3H3. The van der Waals surface area contributed by atoms with Crippen LogP contribution in [0.3, 0.4) is 0 Å². The minimum Gasteiger partial charge on any atom is -0.319 e. The van der Waals surface area contributed by atoms with E-state index in [2.05, 4.69) is 26.2 Å². The average Bonchev–Trinajstić information content (AvgIpc) is 3.01. The summed E-state index contributed by atoms with van der Waals surface area (Å²) in [6, 6.07) is 0. The Bertz CT molecular complexity index is 163. The van der Waals surface area contributed by atoms with E-state index in [4.69, 9.17) is 0 Å². The van der Waals surface area contributed by atoms with Gasteiger partial charge in [0.05, 0.1) is 0 Å². The second-order valence-corrected chi connectivity index (χ2v) is 5.62. The molecule has 0 aromatic rings. The Morgan fingerprint density at radius 1 is 1.13 bits per heavy atom. The van der Waals surface area contributed by atoms with E-state index in [0.29, 0.717) is 5.41 Å². The summed E-state index contributed by atoms with van der Waals surface area (Å²) < 4.78 is 0. The van der Waals surface area contributed by atoms with Crippen molar-refractivity contribution in [2.75, 3.05) is 13.6 Å². The highest BCUT2D eigenvalue weighted by atomic mass is 14.8. The van der Waals surface area contributed by atoms with Gasteiger partial charge in [0.2, 0.25) is 0 Å². The summed E-state index contributed by atoms with van der Waals surface area (Å²) in [6.45, 7) is 5.99. The third-order valence-electron chi connectivity index (χ3n) is 4.00. The Morgan fingerprint density at radius 3 is 2.33 bits per heavy atom. The topological polar surface area (TPSA) is 12.0 Å². The van der Waals surface area contributed by atoms with Crippen molar-refractivity contribution in [1.29, 1.82) is 0 Å². The summed E-state index contributed by atoms with van der Waals surface area (Å²) in [6.07, 6.45) is 11.5. The van der Waals surface area contributed by atoms with E-state index in [1.165, 1.54) is 57.9 Å². The summed E-state index contributed by atoms with van der Waals surface area (Å²) in [5.41, 5.74) is 0.598. The van der Waals surface area contributed by atoms with E-state index in [-0.39, 0.29) is 0 Å². The average molecular weight is 211 g/mol. The van der Waals surface area contributed by atoms with Crippen LogP contribution in [0.25, 0.3) is 0 Å². The Labute approximate surface area is 96.0 Å². The number of hydrogen-bond acceptors (Lipinski definition) is 1. The number of unbranched alkanes of at least 4 members (excludes halogenated alkanes) is 4. The normalized spacial score (nSPS) is 20.2. The Hall–Kier alpha value is -0.0400. The lowest BCUT2D eigenvalue weighted by Crippen LogP contribution is -2.31. The summed E-state index contributed by atoms with van der Waals surface area (Å²) in [7, 11) is 2.09. The molecule has 1 aliphatic rings. The molecule has 0 aromatic heterocycles. The molecule has 0 spiro atoms. The number of hydrogen-bond donors (Lipinski definition) is 1. The van der Waals surface area contributed by atoms with Gasteiger partial charge in [-0.05, 0) is 37.6 Å². The van der Waals surface area contributed by atoms with Crippen molar-refractivity contribution in [1.82, 2.24) is 5.32 Å². The molecule has 15 heavy (non-hydrogen) atoms. The zero-order chi connectivity index (χ0) is 11.1. The van der Waals surface area contributed by atoms with Crippen LogP contribution < -0.4 is 5.32 Å². The van der Waals surface area contributed by atoms with Gasteiger partial charge in [-0.3, -0.25) is 0 Å². The van der Waals surface area contributed by atoms with Crippen molar-refractivity contribution in [2.24, 2.45) is 11.3 Å². The predicted octanol–water partition coefficient (Wildman–Crippen LogP) is 3.98. The molecule has 1 heteroatoms. The highest BCUT2D eigenvalue weighted by Crippen LogP contribution is 2.48. The molecule has 1 rings (SSSR count). The van der Waals surface area contributed by atoms with Crippen molar-refractivity contribution in [3.05, 3.63) is 0 Å². The van der Waals surface area contributed by atoms with Crippen LogP contribution in [0.1, 0.15) is 65.2 Å². The highest BCUT2D eigenvalue weighted by Gasteiger charge is 2.40. The van der Waals surface area contributed by atoms with E-state index < -0.39 is 0 Å². The predicted molar refractivity (Wildman–Crippen MR) is 68.1 cm³/mol. The summed E-state index contributed by atoms with van der Waals surface area (Å²) >= 11 is 0. The lowest BCUT2D eigenvalue weighted by atomic mass is 9.79. The minimum absolute atomic E-state index is 0.598. The molecule has 0 amide bonds. The first kappa shape index (κ1) is 13.0. The van der Waals surface area contributed by atoms with Gasteiger partial charge in [-0.1, -0.05) is 46.0 Å². The van der Waals surface area contributed by atoms with E-state index in [1.807, 2.05) is 0 Å². The lowest BCUT2D eigenvalue weighted by molar-refractivity contribution is 0.233. The van der Waals surface area contributed by atoms with E-state index in [0.717, 1.165) is 5.92 Å². The second-order valence-electron chi connectivity index (χ2n) is 5.62. The van der Waals surface area contributed by atoms with Crippen LogP contribution in [0.2, 0.25) is 0 Å². The first-order valence-corrected chi connectivity index (χ1v) is 6.87. The van der Waals surface area contributed by atoms with E-state index in [1.54, 1.807) is 0 Å². The quantitative estimate of drug-likeness (QED) is 0.569. The Balaban J connectivity index is 2.14. The smallest absolute Gasteiger partial charge is 0.000481 e. The van der Waals surface area contributed by atoms with Gasteiger partial charge in [0.25, 0.3) is 0 Å². The highest BCUT2D eigenvalue weighted by molar-refractivity contribution is 4.92. The maximum absolute atomic E-state index is 3.38. The van der Waals surface area contributed by atoms with Crippen molar-refractivity contribution < 1.29 is 0 Å². The largest absolute Gasteiger partial charge is 0.319 e. The first-order chi connectivity index (χ1) is 7.23. The molecule has 0 saturated heterocycles. The first-order valence-electron chi connectivity index (χ1n) is 6.87. The minimum atomic E-state index is 0.598. The molecule has 1 N–H and O–H groups in total. The summed E-state index contributed by atoms with van der Waals surface area (Å²) in [5.74, 6) is 1.02. The maximum atomic E-state index is 3.38. The van der Waals surface area contributed by atoms with Gasteiger partial charge in [0.15, 0.2) is 0 Å². The molecule has 1 fully saturated rings. The second kappa shape index (κ2) is 6.52. The fraction of sp³-hybridized carbons (Fsp3) is 1.00. The third-order valence-corrected chi connectivity index (χ3v) is 4.00. The summed E-state index contributed by atoms with van der Waals surface area (Å²) in [4.78, 5) is 0. The van der Waals surface area contributed by atoms with Gasteiger partial charge >= 0.3 is 0 Å². The zero-order valence-electron chi connectivity index (χ0n) is 10.9. The molecule has 0 aromatic carbocycles. The molecular weight excluding hydrogens is 182 g/mol. The monoisotopic (exact) mass is 211 g/mol. The van der Waals surface area contributed by atoms with Crippen LogP contribution in [-0.2, 0) is 0 Å². The molecule has 1 unspecified atom stereocenters. The molecule has 1 atom stereocenters. The Morgan fingerprint density at radius 2 is 1.80 bits per heavy atom. The SMILES string of the molecule is CCCCCCCC(C)(CNC)C1CC1. The van der Waals surface area contributed by atoms with Gasteiger partial charge in [0.1, 0.15) is 0 Å². The van der Waals surface area contributed by atoms with Crippen LogP contribution in [0.15, 0.2) is 0 Å². The van der Waals surface area contributed by atoms with Gasteiger partial charge < -0.3 is 5.32 Å². The summed E-state index contributed by atoms with van der Waals surface area (Å²) in [5, 5.41) is 3.38. The molecule has 0 radical (unpaired) electrons. The Kier molecular flexibility index (Phi) is 5.66. The number of nitrogens with one attached hydrogen (secondary N) is 1. The molecule has 1 nitrogen and oxygen atoms in total. The molecule has 1 saturated carbocycles. The maximum Gasteiger partial charge on any atom is 0.000481 e. The fourth-order valence-electron chi connectivity index (χ4n) is 2.75. The van der Waals surface area contributed by atoms with Gasteiger partial charge in [-0.15, -0.1) is 0 Å². The molecule has 1 aliphatic carbocycles. The fourth-order valence-corrected chi connectivity index (χ4v) is 2.75. The third kappa shape index (κ3) is 4.55. The van der Waals surface area contributed by atoms with Crippen molar-refractivity contribution in [3.63, 3.8) is 0 Å². The van der Waals surface area contributed by atoms with Crippen molar-refractivity contribution in [3.8, 4) is 0 Å². The van der Waals surface area contributed by atoms with E-state index >= 15 is 0 Å². The van der Waals surface area contributed by atoms with Crippen LogP contribution in [0.5, 0.6) is 0 Å². The molecular formula is C14H29N. The number of rotatable bonds is 9. The molecule has 0 bridgehead atoms. The van der Waals surface area contributed by atoms with Crippen molar-refractivity contribution in [2.45, 2.75) is 65.2 Å². The molecule has 0 heterocycles. The van der Waals surface area contributed by atoms with Crippen LogP contribution in [0.4, 0.5) is 0 Å². The lowest BCUT2D eigenvalue weighted by Gasteiger charge is -2.29. The molecule has 90 valence electrons. The van der Waals surface area contributed by atoms with Crippen molar-refractivity contribution >= 4 is 0 Å². The van der Waals surface area contributed by atoms with Crippen LogP contribution in [0, 0.1) is 11.3 Å². The van der Waals surface area contributed by atoms with Crippen LogP contribution >= 0.6 is 0 Å². The zero-order valence-corrected chi connectivity index (χ0v) is 10.9. The van der Waals surface area contributed by atoms with Gasteiger partial charge in [-0.25, -0.2) is 0 Å². The van der Waals surface area contributed by atoms with E-state index in [9.17, 15) is 0 Å².